The van der Waals surface area contributed by atoms with Crippen LogP contribution in [0.3, 0.4) is 0 Å². The zero-order valence-corrected chi connectivity index (χ0v) is 9.23. The van der Waals surface area contributed by atoms with Crippen molar-refractivity contribution < 1.29 is 13.9 Å². The van der Waals surface area contributed by atoms with Crippen LogP contribution in [0.5, 0.6) is 0 Å². The fourth-order valence-electron chi connectivity index (χ4n) is 0.901. The van der Waals surface area contributed by atoms with Crippen molar-refractivity contribution in [3.05, 3.63) is 0 Å². The van der Waals surface area contributed by atoms with E-state index >= 15 is 0 Å². The van der Waals surface area contributed by atoms with Crippen LogP contribution >= 0.6 is 0 Å². The molecule has 0 aliphatic carbocycles. The Morgan fingerprint density at radius 1 is 1.29 bits per heavy atom. The monoisotopic (exact) mass is 205 g/mol. The lowest BCUT2D eigenvalue weighted by Crippen LogP contribution is -2.32. The summed E-state index contributed by atoms with van der Waals surface area (Å²) in [7, 11) is 0. The number of amides is 1. The standard InChI is InChI=1S/C10H20FNO2/c1-10(2,3)14-9(13)12-8-6-4-5-7-11/h4-8H2,1-3H3,(H,12,13). The molecule has 0 saturated heterocycles. The van der Waals surface area contributed by atoms with Crippen molar-refractivity contribution in [2.24, 2.45) is 0 Å². The highest BCUT2D eigenvalue weighted by Gasteiger charge is 2.15. The van der Waals surface area contributed by atoms with E-state index in [-0.39, 0.29) is 6.67 Å². The van der Waals surface area contributed by atoms with Crippen LogP contribution in [0, 0.1) is 0 Å². The smallest absolute Gasteiger partial charge is 0.407 e. The molecule has 0 spiro atoms. The maximum Gasteiger partial charge on any atom is 0.407 e. The second-order valence-electron chi connectivity index (χ2n) is 4.18. The van der Waals surface area contributed by atoms with Crippen LogP contribution in [0.1, 0.15) is 40.0 Å². The zero-order valence-electron chi connectivity index (χ0n) is 9.23. The number of ether oxygens (including phenoxy) is 1. The van der Waals surface area contributed by atoms with E-state index in [1.54, 1.807) is 0 Å². The number of alkyl halides is 1. The number of unbranched alkanes of at least 4 members (excludes halogenated alkanes) is 2. The first kappa shape index (κ1) is 13.2. The Bertz CT molecular complexity index is 166. The van der Waals surface area contributed by atoms with E-state index in [1.807, 2.05) is 20.8 Å². The Morgan fingerprint density at radius 3 is 2.43 bits per heavy atom. The maximum absolute atomic E-state index is 11.7. The fourth-order valence-corrected chi connectivity index (χ4v) is 0.901. The molecule has 1 N–H and O–H groups in total. The van der Waals surface area contributed by atoms with E-state index in [0.717, 1.165) is 12.8 Å². The van der Waals surface area contributed by atoms with Crippen molar-refractivity contribution in [1.82, 2.24) is 5.32 Å². The zero-order chi connectivity index (χ0) is 11.0. The number of nitrogens with one attached hydrogen (secondary N) is 1. The molecule has 0 aliphatic rings. The first-order valence-corrected chi connectivity index (χ1v) is 4.98. The highest BCUT2D eigenvalue weighted by molar-refractivity contribution is 5.67. The van der Waals surface area contributed by atoms with E-state index in [0.29, 0.717) is 13.0 Å². The van der Waals surface area contributed by atoms with E-state index in [4.69, 9.17) is 4.74 Å². The summed E-state index contributed by atoms with van der Waals surface area (Å²) < 4.78 is 16.7. The van der Waals surface area contributed by atoms with Crippen molar-refractivity contribution in [2.75, 3.05) is 13.2 Å². The fraction of sp³-hybridized carbons (Fsp3) is 0.900. The lowest BCUT2D eigenvalue weighted by Gasteiger charge is -2.19. The molecular formula is C10H20FNO2. The Morgan fingerprint density at radius 2 is 1.93 bits per heavy atom. The first-order chi connectivity index (χ1) is 6.45. The third-order valence-corrected chi connectivity index (χ3v) is 1.48. The Hall–Kier alpha value is -0.800. The Balaban J connectivity index is 3.36. The maximum atomic E-state index is 11.7. The number of halogens is 1. The Labute approximate surface area is 85.0 Å². The van der Waals surface area contributed by atoms with Gasteiger partial charge in [-0.05, 0) is 40.0 Å². The summed E-state index contributed by atoms with van der Waals surface area (Å²) in [5, 5.41) is 2.61. The molecule has 14 heavy (non-hydrogen) atoms. The van der Waals surface area contributed by atoms with E-state index in [9.17, 15) is 9.18 Å². The molecular weight excluding hydrogens is 185 g/mol. The van der Waals surface area contributed by atoms with Gasteiger partial charge in [-0.1, -0.05) is 0 Å². The molecule has 0 bridgehead atoms. The number of hydrogen-bond donors (Lipinski definition) is 1. The highest BCUT2D eigenvalue weighted by Crippen LogP contribution is 2.06. The van der Waals surface area contributed by atoms with E-state index in [1.165, 1.54) is 0 Å². The number of alkyl carbamates (subject to hydrolysis) is 1. The van der Waals surface area contributed by atoms with Gasteiger partial charge in [0.1, 0.15) is 5.60 Å². The number of carbonyl (C=O) groups excluding carboxylic acids is 1. The minimum Gasteiger partial charge on any atom is -0.444 e. The van der Waals surface area contributed by atoms with Gasteiger partial charge in [-0.2, -0.15) is 0 Å². The van der Waals surface area contributed by atoms with Gasteiger partial charge in [0, 0.05) is 6.54 Å². The summed E-state index contributed by atoms with van der Waals surface area (Å²) in [4.78, 5) is 11.1. The summed E-state index contributed by atoms with van der Waals surface area (Å²) >= 11 is 0. The molecule has 0 heterocycles. The third-order valence-electron chi connectivity index (χ3n) is 1.48. The number of carbonyl (C=O) groups is 1. The second kappa shape index (κ2) is 6.62. The van der Waals surface area contributed by atoms with Gasteiger partial charge in [0.2, 0.25) is 0 Å². The molecule has 4 heteroatoms. The predicted molar refractivity (Wildman–Crippen MR) is 54.1 cm³/mol. The highest BCUT2D eigenvalue weighted by atomic mass is 19.1. The van der Waals surface area contributed by atoms with Crippen LogP contribution in [-0.2, 0) is 4.74 Å². The third kappa shape index (κ3) is 9.29. The molecule has 0 rings (SSSR count). The molecule has 0 aromatic heterocycles. The molecule has 0 saturated carbocycles. The molecule has 1 amide bonds. The van der Waals surface area contributed by atoms with Crippen LogP contribution in [-0.4, -0.2) is 24.9 Å². The molecule has 0 radical (unpaired) electrons. The van der Waals surface area contributed by atoms with Crippen molar-refractivity contribution in [1.29, 1.82) is 0 Å². The molecule has 84 valence electrons. The second-order valence-corrected chi connectivity index (χ2v) is 4.18. The lowest BCUT2D eigenvalue weighted by atomic mass is 10.2. The quantitative estimate of drug-likeness (QED) is 0.701. The van der Waals surface area contributed by atoms with Crippen molar-refractivity contribution in [3.63, 3.8) is 0 Å². The lowest BCUT2D eigenvalue weighted by molar-refractivity contribution is 0.0527. The van der Waals surface area contributed by atoms with E-state index in [2.05, 4.69) is 5.32 Å². The van der Waals surface area contributed by atoms with Gasteiger partial charge in [-0.3, -0.25) is 4.39 Å². The first-order valence-electron chi connectivity index (χ1n) is 4.98. The van der Waals surface area contributed by atoms with E-state index < -0.39 is 11.7 Å². The Kier molecular flexibility index (Phi) is 6.25. The molecule has 0 aromatic carbocycles. The van der Waals surface area contributed by atoms with Gasteiger partial charge in [0.05, 0.1) is 6.67 Å². The topological polar surface area (TPSA) is 38.3 Å². The number of hydrogen-bond acceptors (Lipinski definition) is 2. The molecule has 3 nitrogen and oxygen atoms in total. The van der Waals surface area contributed by atoms with Crippen LogP contribution in [0.2, 0.25) is 0 Å². The summed E-state index contributed by atoms with van der Waals surface area (Å²) in [5.41, 5.74) is -0.455. The SMILES string of the molecule is CC(C)(C)OC(=O)NCCCCCF. The van der Waals surface area contributed by atoms with Gasteiger partial charge in [0.25, 0.3) is 0 Å². The van der Waals surface area contributed by atoms with Gasteiger partial charge >= 0.3 is 6.09 Å². The minimum atomic E-state index is -0.455. The van der Waals surface area contributed by atoms with Gasteiger partial charge < -0.3 is 10.1 Å². The average Bonchev–Trinajstić information content (AvgIpc) is 2.00. The predicted octanol–water partition coefficient (Wildman–Crippen LogP) is 2.65. The van der Waals surface area contributed by atoms with Gasteiger partial charge in [-0.15, -0.1) is 0 Å². The van der Waals surface area contributed by atoms with Crippen LogP contribution in [0.15, 0.2) is 0 Å². The summed E-state index contributed by atoms with van der Waals surface area (Å²) in [6, 6.07) is 0. The van der Waals surface area contributed by atoms with Crippen LogP contribution in [0.4, 0.5) is 9.18 Å². The summed E-state index contributed by atoms with van der Waals surface area (Å²) in [5.74, 6) is 0. The summed E-state index contributed by atoms with van der Waals surface area (Å²) in [6.45, 7) is 5.71. The van der Waals surface area contributed by atoms with Crippen molar-refractivity contribution >= 4 is 6.09 Å². The van der Waals surface area contributed by atoms with Crippen molar-refractivity contribution in [3.8, 4) is 0 Å². The largest absolute Gasteiger partial charge is 0.444 e. The summed E-state index contributed by atoms with van der Waals surface area (Å²) in [6.07, 6.45) is 1.75. The van der Waals surface area contributed by atoms with Gasteiger partial charge in [0.15, 0.2) is 0 Å². The molecule has 0 fully saturated rings. The average molecular weight is 205 g/mol. The van der Waals surface area contributed by atoms with Crippen LogP contribution < -0.4 is 5.32 Å². The molecule has 0 atom stereocenters. The normalized spacial score (nSPS) is 11.1. The number of rotatable bonds is 5. The van der Waals surface area contributed by atoms with Crippen LogP contribution in [0.25, 0.3) is 0 Å². The molecule has 0 aliphatic heterocycles. The molecule has 0 unspecified atom stereocenters. The molecule has 0 aromatic rings. The van der Waals surface area contributed by atoms with Crippen molar-refractivity contribution in [2.45, 2.75) is 45.6 Å². The minimum absolute atomic E-state index is 0.285. The van der Waals surface area contributed by atoms with Gasteiger partial charge in [-0.25, -0.2) is 4.79 Å².